The number of amides is 2. The molecule has 2 N–H and O–H groups in total. The molecule has 27 heavy (non-hydrogen) atoms. The molecule has 1 saturated heterocycles. The number of rotatable bonds is 5. The highest BCUT2D eigenvalue weighted by Gasteiger charge is 2.29. The molecule has 1 aromatic carbocycles. The monoisotopic (exact) mass is 363 g/mol. The van der Waals surface area contributed by atoms with Crippen LogP contribution in [0.15, 0.2) is 36.4 Å². The summed E-state index contributed by atoms with van der Waals surface area (Å²) in [6.45, 7) is 2.17. The van der Waals surface area contributed by atoms with Crippen molar-refractivity contribution in [3.8, 4) is 0 Å². The van der Waals surface area contributed by atoms with Gasteiger partial charge in [-0.3, -0.25) is 4.90 Å². The van der Waals surface area contributed by atoms with E-state index in [1.807, 2.05) is 40.9 Å². The molecule has 1 saturated carbocycles. The van der Waals surface area contributed by atoms with E-state index >= 15 is 0 Å². The summed E-state index contributed by atoms with van der Waals surface area (Å²) in [4.78, 5) is 13.7. The Morgan fingerprint density at radius 2 is 1.96 bits per heavy atom. The van der Waals surface area contributed by atoms with Crippen molar-refractivity contribution in [3.05, 3.63) is 47.8 Å². The SMILES string of the molecule is O=C1NCCCN1c1ccc(CNc2ccc3nnc(C4CC4)n3n2)cc1. The lowest BCUT2D eigenvalue weighted by Crippen LogP contribution is -2.46. The Balaban J connectivity index is 1.27. The largest absolute Gasteiger partial charge is 0.365 e. The Morgan fingerprint density at radius 3 is 2.74 bits per heavy atom. The van der Waals surface area contributed by atoms with Crippen LogP contribution in [0.3, 0.4) is 0 Å². The zero-order valence-corrected chi connectivity index (χ0v) is 14.9. The van der Waals surface area contributed by atoms with E-state index in [0.717, 1.165) is 48.1 Å². The molecule has 2 fully saturated rings. The van der Waals surface area contributed by atoms with Crippen LogP contribution in [-0.4, -0.2) is 38.9 Å². The summed E-state index contributed by atoms with van der Waals surface area (Å²) >= 11 is 0. The van der Waals surface area contributed by atoms with E-state index in [-0.39, 0.29) is 6.03 Å². The van der Waals surface area contributed by atoms with Crippen LogP contribution in [0, 0.1) is 0 Å². The minimum atomic E-state index is -0.0231. The van der Waals surface area contributed by atoms with Crippen LogP contribution in [0.1, 0.15) is 36.6 Å². The van der Waals surface area contributed by atoms with Crippen LogP contribution in [0.5, 0.6) is 0 Å². The van der Waals surface area contributed by atoms with Gasteiger partial charge < -0.3 is 10.6 Å². The van der Waals surface area contributed by atoms with Crippen molar-refractivity contribution in [1.82, 2.24) is 25.1 Å². The van der Waals surface area contributed by atoms with E-state index in [0.29, 0.717) is 12.5 Å². The molecular formula is C19H21N7O. The summed E-state index contributed by atoms with van der Waals surface area (Å²) in [5.41, 5.74) is 2.84. The third-order valence-corrected chi connectivity index (χ3v) is 5.03. The third-order valence-electron chi connectivity index (χ3n) is 5.03. The number of anilines is 2. The molecule has 0 radical (unpaired) electrons. The van der Waals surface area contributed by atoms with E-state index in [1.165, 1.54) is 12.8 Å². The second-order valence-electron chi connectivity index (χ2n) is 7.08. The quantitative estimate of drug-likeness (QED) is 0.727. The Bertz CT molecular complexity index is 977. The lowest BCUT2D eigenvalue weighted by Gasteiger charge is -2.27. The molecule has 0 spiro atoms. The number of hydrogen-bond donors (Lipinski definition) is 2. The first-order valence-electron chi connectivity index (χ1n) is 9.38. The lowest BCUT2D eigenvalue weighted by molar-refractivity contribution is 0.243. The van der Waals surface area contributed by atoms with Crippen LogP contribution in [0.25, 0.3) is 5.65 Å². The van der Waals surface area contributed by atoms with Crippen molar-refractivity contribution in [2.75, 3.05) is 23.3 Å². The number of fused-ring (bicyclic) bond motifs is 1. The molecule has 0 bridgehead atoms. The van der Waals surface area contributed by atoms with Crippen LogP contribution in [-0.2, 0) is 6.54 Å². The highest BCUT2D eigenvalue weighted by molar-refractivity contribution is 5.92. The summed E-state index contributed by atoms with van der Waals surface area (Å²) in [7, 11) is 0. The Morgan fingerprint density at radius 1 is 1.11 bits per heavy atom. The zero-order chi connectivity index (χ0) is 18.2. The van der Waals surface area contributed by atoms with Crippen LogP contribution in [0.4, 0.5) is 16.3 Å². The van der Waals surface area contributed by atoms with Gasteiger partial charge in [0, 0.05) is 31.2 Å². The first kappa shape index (κ1) is 16.0. The van der Waals surface area contributed by atoms with E-state index in [1.54, 1.807) is 4.90 Å². The van der Waals surface area contributed by atoms with E-state index < -0.39 is 0 Å². The number of nitrogens with one attached hydrogen (secondary N) is 2. The average molecular weight is 363 g/mol. The first-order chi connectivity index (χ1) is 13.3. The molecule has 3 aromatic rings. The summed E-state index contributed by atoms with van der Waals surface area (Å²) in [5.74, 6) is 2.25. The standard InChI is InChI=1S/C19H21N7O/c27-19-20-10-1-11-25(19)15-6-2-13(3-7-15)12-21-16-8-9-17-22-23-18(14-4-5-14)26(17)24-16/h2-3,6-9,14H,1,4-5,10-12H2,(H,20,27)(H,21,24). The molecule has 1 aliphatic heterocycles. The third kappa shape index (κ3) is 3.18. The predicted octanol–water partition coefficient (Wildman–Crippen LogP) is 2.53. The topological polar surface area (TPSA) is 87.5 Å². The normalized spacial score (nSPS) is 17.2. The van der Waals surface area contributed by atoms with E-state index in [2.05, 4.69) is 25.9 Å². The van der Waals surface area contributed by atoms with E-state index in [9.17, 15) is 4.79 Å². The van der Waals surface area contributed by atoms with Gasteiger partial charge in [-0.25, -0.2) is 4.79 Å². The lowest BCUT2D eigenvalue weighted by atomic mass is 10.2. The van der Waals surface area contributed by atoms with Crippen LogP contribution >= 0.6 is 0 Å². The van der Waals surface area contributed by atoms with Crippen molar-refractivity contribution in [2.24, 2.45) is 0 Å². The maximum absolute atomic E-state index is 11.9. The summed E-state index contributed by atoms with van der Waals surface area (Å²) in [5, 5.41) is 19.3. The Labute approximate surface area is 156 Å². The molecule has 1 aliphatic carbocycles. The van der Waals surface area contributed by atoms with Crippen molar-refractivity contribution < 1.29 is 4.79 Å². The zero-order valence-electron chi connectivity index (χ0n) is 14.9. The van der Waals surface area contributed by atoms with Crippen molar-refractivity contribution in [1.29, 1.82) is 0 Å². The van der Waals surface area contributed by atoms with Crippen molar-refractivity contribution in [2.45, 2.75) is 31.7 Å². The van der Waals surface area contributed by atoms with Gasteiger partial charge in [-0.15, -0.1) is 15.3 Å². The Kier molecular flexibility index (Phi) is 3.88. The summed E-state index contributed by atoms with van der Waals surface area (Å²) in [6, 6.07) is 11.9. The second kappa shape index (κ2) is 6.53. The minimum Gasteiger partial charge on any atom is -0.365 e. The second-order valence-corrected chi connectivity index (χ2v) is 7.08. The molecule has 8 nitrogen and oxygen atoms in total. The van der Waals surface area contributed by atoms with Crippen molar-refractivity contribution >= 4 is 23.2 Å². The van der Waals surface area contributed by atoms with Gasteiger partial charge in [-0.1, -0.05) is 12.1 Å². The summed E-state index contributed by atoms with van der Waals surface area (Å²) in [6.07, 6.45) is 3.30. The highest BCUT2D eigenvalue weighted by atomic mass is 16.2. The maximum Gasteiger partial charge on any atom is 0.321 e. The fraction of sp³-hybridized carbons (Fsp3) is 0.368. The number of benzene rings is 1. The molecule has 2 aromatic heterocycles. The van der Waals surface area contributed by atoms with E-state index in [4.69, 9.17) is 0 Å². The number of carbonyl (C=O) groups excluding carboxylic acids is 1. The van der Waals surface area contributed by atoms with Crippen LogP contribution in [0.2, 0.25) is 0 Å². The molecular weight excluding hydrogens is 342 g/mol. The first-order valence-corrected chi connectivity index (χ1v) is 9.38. The van der Waals surface area contributed by atoms with Gasteiger partial charge >= 0.3 is 6.03 Å². The molecule has 8 heteroatoms. The maximum atomic E-state index is 11.9. The van der Waals surface area contributed by atoms with Crippen molar-refractivity contribution in [3.63, 3.8) is 0 Å². The summed E-state index contributed by atoms with van der Waals surface area (Å²) < 4.78 is 1.85. The molecule has 2 amide bonds. The fourth-order valence-electron chi connectivity index (χ4n) is 3.36. The smallest absolute Gasteiger partial charge is 0.321 e. The molecule has 138 valence electrons. The minimum absolute atomic E-state index is 0.0231. The molecule has 0 atom stereocenters. The molecule has 3 heterocycles. The number of nitrogens with zero attached hydrogens (tertiary/aromatic N) is 5. The average Bonchev–Trinajstić information content (AvgIpc) is 3.46. The highest BCUT2D eigenvalue weighted by Crippen LogP contribution is 2.38. The molecule has 0 unspecified atom stereocenters. The fourth-order valence-corrected chi connectivity index (χ4v) is 3.36. The van der Waals surface area contributed by atoms with Gasteiger partial charge in [0.2, 0.25) is 0 Å². The van der Waals surface area contributed by atoms with Gasteiger partial charge in [-0.2, -0.15) is 4.52 Å². The van der Waals surface area contributed by atoms with Gasteiger partial charge in [0.1, 0.15) is 5.82 Å². The number of hydrogen-bond acceptors (Lipinski definition) is 5. The number of urea groups is 1. The van der Waals surface area contributed by atoms with Gasteiger partial charge in [0.15, 0.2) is 11.5 Å². The van der Waals surface area contributed by atoms with Gasteiger partial charge in [-0.05, 0) is 49.1 Å². The number of carbonyl (C=O) groups is 1. The van der Waals surface area contributed by atoms with Gasteiger partial charge in [0.25, 0.3) is 0 Å². The Hall–Kier alpha value is -3.16. The molecule has 2 aliphatic rings. The van der Waals surface area contributed by atoms with Gasteiger partial charge in [0.05, 0.1) is 0 Å². The molecule has 5 rings (SSSR count). The predicted molar refractivity (Wildman–Crippen MR) is 102 cm³/mol. The number of aromatic nitrogens is 4. The van der Waals surface area contributed by atoms with Crippen LogP contribution < -0.4 is 15.5 Å².